The van der Waals surface area contributed by atoms with E-state index >= 15 is 0 Å². The predicted molar refractivity (Wildman–Crippen MR) is 45.1 cm³/mol. The Hall–Kier alpha value is -0.501. The van der Waals surface area contributed by atoms with Gasteiger partial charge in [0.2, 0.25) is 0 Å². The van der Waals surface area contributed by atoms with Crippen molar-refractivity contribution in [3.8, 4) is 19.7 Å². The maximum atomic E-state index is 11.6. The molecule has 0 nitrogen and oxygen atoms in total. The summed E-state index contributed by atoms with van der Waals surface area (Å²) < 4.78 is 73.6. The second kappa shape index (κ2) is 4.56. The second-order valence-electron chi connectivity index (χ2n) is 3.12. The third-order valence-corrected chi connectivity index (χ3v) is 5.31. The fourth-order valence-electron chi connectivity index (χ4n) is 0.485. The van der Waals surface area contributed by atoms with Crippen molar-refractivity contribution < 1.29 is 26.3 Å². The maximum absolute atomic E-state index is 11.6. The summed E-state index contributed by atoms with van der Waals surface area (Å²) in [5.41, 5.74) is 0. The Bertz CT molecular complexity index is 306. The van der Waals surface area contributed by atoms with Crippen molar-refractivity contribution in [2.75, 3.05) is 0 Å². The molecular weight excluding hydrogens is 329 g/mol. The van der Waals surface area contributed by atoms with Gasteiger partial charge in [-0.05, 0) is 0 Å². The van der Waals surface area contributed by atoms with E-state index in [9.17, 15) is 26.3 Å². The van der Waals surface area contributed by atoms with Gasteiger partial charge in [0.05, 0.1) is 0 Å². The van der Waals surface area contributed by atoms with E-state index in [1.54, 1.807) is 0 Å². The van der Waals surface area contributed by atoms with Crippen LogP contribution in [0.25, 0.3) is 0 Å². The molecule has 15 heavy (non-hydrogen) atoms. The van der Waals surface area contributed by atoms with E-state index in [2.05, 4.69) is 0 Å². The molecule has 0 amide bonds. The van der Waals surface area contributed by atoms with E-state index < -0.39 is 30.7 Å². The topological polar surface area (TPSA) is 0 Å². The molecule has 0 aliphatic carbocycles. The molecule has 0 unspecified atom stereocenters. The molecule has 0 saturated heterocycles. The third-order valence-electron chi connectivity index (χ3n) is 1.03. The van der Waals surface area contributed by atoms with E-state index in [4.69, 9.17) is 0 Å². The monoisotopic (exact) mass is 336 g/mol. The summed E-state index contributed by atoms with van der Waals surface area (Å²) in [4.78, 5) is 2.57. The van der Waals surface area contributed by atoms with Gasteiger partial charge in [0.25, 0.3) is 0 Å². The van der Waals surface area contributed by atoms with Crippen LogP contribution >= 0.6 is 0 Å². The van der Waals surface area contributed by atoms with Gasteiger partial charge >= 0.3 is 86.7 Å². The molecule has 0 radical (unpaired) electrons. The number of halogens is 6. The van der Waals surface area contributed by atoms with E-state index in [-0.39, 0.29) is 0 Å². The van der Waals surface area contributed by atoms with Gasteiger partial charge in [-0.15, -0.1) is 0 Å². The Morgan fingerprint density at radius 3 is 1.20 bits per heavy atom. The molecule has 0 aromatic carbocycles. The van der Waals surface area contributed by atoms with Crippen LogP contribution in [-0.4, -0.2) is 30.7 Å². The first kappa shape index (κ1) is 14.5. The predicted octanol–water partition coefficient (Wildman–Crippen LogP) is 2.90. The minimum absolute atomic E-state index is 0.972. The Morgan fingerprint density at radius 1 is 0.733 bits per heavy atom. The first-order chi connectivity index (χ1) is 6.41. The molecular formula is C8H6F6Sn. The molecule has 0 aliphatic rings. The van der Waals surface area contributed by atoms with Crippen molar-refractivity contribution >= 4 is 18.4 Å². The molecule has 0 N–H and O–H groups in total. The van der Waals surface area contributed by atoms with Gasteiger partial charge in [-0.25, -0.2) is 0 Å². The summed E-state index contributed by atoms with van der Waals surface area (Å²) in [6.45, 7) is 0. The number of hydrogen-bond acceptors (Lipinski definition) is 0. The fourth-order valence-corrected chi connectivity index (χ4v) is 3.26. The molecule has 7 heteroatoms. The summed E-state index contributed by atoms with van der Waals surface area (Å²) in [6, 6.07) is 0. The first-order valence-corrected chi connectivity index (χ1v) is 12.2. The summed E-state index contributed by atoms with van der Waals surface area (Å²) >= 11 is -3.82. The van der Waals surface area contributed by atoms with Crippen LogP contribution in [0.2, 0.25) is 9.88 Å². The van der Waals surface area contributed by atoms with Gasteiger partial charge in [-0.2, -0.15) is 0 Å². The molecule has 0 aromatic heterocycles. The van der Waals surface area contributed by atoms with Crippen LogP contribution in [-0.2, 0) is 0 Å². The number of hydrogen-bond donors (Lipinski definition) is 0. The molecule has 0 aliphatic heterocycles. The van der Waals surface area contributed by atoms with Crippen LogP contribution in [0.4, 0.5) is 26.3 Å². The molecule has 0 spiro atoms. The zero-order valence-corrected chi connectivity index (χ0v) is 10.6. The van der Waals surface area contributed by atoms with E-state index in [0.717, 1.165) is 11.8 Å². The van der Waals surface area contributed by atoms with Gasteiger partial charge in [-0.1, -0.05) is 0 Å². The number of alkyl halides is 6. The van der Waals surface area contributed by atoms with E-state index in [1.165, 1.54) is 9.88 Å². The fraction of sp³-hybridized carbons (Fsp3) is 0.500. The van der Waals surface area contributed by atoms with Crippen LogP contribution < -0.4 is 0 Å². The SMILES string of the molecule is [CH3][Sn]([CH3])([C]#CC(F)(F)F)[C]#CC(F)(F)F. The van der Waals surface area contributed by atoms with Crippen molar-refractivity contribution in [2.45, 2.75) is 22.2 Å². The standard InChI is InChI=1S/2C3F3.2CH3.Sn/c2*1-2-3(4,5)6;;;/h;;2*1H3;. The average Bonchev–Trinajstić information content (AvgIpc) is 1.96. The minimum atomic E-state index is -4.67. The van der Waals surface area contributed by atoms with E-state index in [1.807, 2.05) is 7.87 Å². The Morgan fingerprint density at radius 2 is 1.00 bits per heavy atom. The van der Waals surface area contributed by atoms with E-state index in [0.29, 0.717) is 0 Å². The van der Waals surface area contributed by atoms with Gasteiger partial charge in [-0.3, -0.25) is 0 Å². The molecule has 0 heterocycles. The number of rotatable bonds is 0. The van der Waals surface area contributed by atoms with Crippen LogP contribution in [0.1, 0.15) is 0 Å². The Balaban J connectivity index is 4.82. The molecule has 0 bridgehead atoms. The second-order valence-corrected chi connectivity index (χ2v) is 13.8. The van der Waals surface area contributed by atoms with Gasteiger partial charge in [0, 0.05) is 0 Å². The molecule has 84 valence electrons. The third kappa shape index (κ3) is 9.80. The van der Waals surface area contributed by atoms with Crippen LogP contribution in [0, 0.1) is 19.7 Å². The summed E-state index contributed by atoms with van der Waals surface area (Å²) in [5, 5.41) is 0. The quantitative estimate of drug-likeness (QED) is 0.363. The molecule has 0 fully saturated rings. The molecule has 0 aromatic rings. The van der Waals surface area contributed by atoms with Gasteiger partial charge < -0.3 is 0 Å². The normalized spacial score (nSPS) is 12.3. The summed E-state index contributed by atoms with van der Waals surface area (Å²) in [5.74, 6) is 1.94. The molecule has 0 rings (SSSR count). The van der Waals surface area contributed by atoms with Crippen molar-refractivity contribution in [3.05, 3.63) is 0 Å². The van der Waals surface area contributed by atoms with Crippen LogP contribution in [0.15, 0.2) is 0 Å². The first-order valence-electron chi connectivity index (χ1n) is 3.63. The van der Waals surface area contributed by atoms with Crippen molar-refractivity contribution in [3.63, 3.8) is 0 Å². The van der Waals surface area contributed by atoms with Crippen molar-refractivity contribution in [1.29, 1.82) is 0 Å². The zero-order chi connectivity index (χ0) is 12.3. The zero-order valence-electron chi connectivity index (χ0n) is 7.77. The van der Waals surface area contributed by atoms with Crippen LogP contribution in [0.5, 0.6) is 0 Å². The van der Waals surface area contributed by atoms with Crippen molar-refractivity contribution in [2.24, 2.45) is 0 Å². The average molecular weight is 335 g/mol. The molecule has 0 saturated carbocycles. The summed E-state index contributed by atoms with van der Waals surface area (Å²) in [7, 11) is 0. The Kier molecular flexibility index (Phi) is 4.41. The van der Waals surface area contributed by atoms with Gasteiger partial charge in [0.15, 0.2) is 0 Å². The Labute approximate surface area is 86.9 Å². The molecule has 0 atom stereocenters. The van der Waals surface area contributed by atoms with Crippen LogP contribution in [0.3, 0.4) is 0 Å². The van der Waals surface area contributed by atoms with Gasteiger partial charge in [0.1, 0.15) is 0 Å². The summed E-state index contributed by atoms with van der Waals surface area (Å²) in [6.07, 6.45) is -9.35. The van der Waals surface area contributed by atoms with Crippen molar-refractivity contribution in [1.82, 2.24) is 0 Å².